The molecule has 1 nitrogen and oxygen atoms in total. The maximum atomic E-state index is 6.41. The van der Waals surface area contributed by atoms with E-state index in [2.05, 4.69) is 64.1 Å². The first kappa shape index (κ1) is 15.6. The van der Waals surface area contributed by atoms with Crippen LogP contribution in [0.25, 0.3) is 0 Å². The Labute approximate surface area is 129 Å². The van der Waals surface area contributed by atoms with Crippen LogP contribution in [0.15, 0.2) is 36.4 Å². The van der Waals surface area contributed by atoms with Crippen LogP contribution in [0.5, 0.6) is 11.5 Å². The van der Waals surface area contributed by atoms with Crippen molar-refractivity contribution in [2.75, 3.05) is 0 Å². The van der Waals surface area contributed by atoms with Crippen LogP contribution in [0.1, 0.15) is 48.9 Å². The minimum absolute atomic E-state index is 1.05. The van der Waals surface area contributed by atoms with Gasteiger partial charge < -0.3 is 4.74 Å². The quantitative estimate of drug-likeness (QED) is 0.631. The molecule has 0 radical (unpaired) electrons. The molecule has 0 atom stereocenters. The van der Waals surface area contributed by atoms with Gasteiger partial charge in [-0.2, -0.15) is 0 Å². The molecule has 0 aliphatic heterocycles. The zero-order valence-corrected chi connectivity index (χ0v) is 13.7. The van der Waals surface area contributed by atoms with Crippen molar-refractivity contribution in [3.8, 4) is 11.5 Å². The molecule has 0 amide bonds. The molecule has 0 spiro atoms. The lowest BCUT2D eigenvalue weighted by Gasteiger charge is -2.18. The van der Waals surface area contributed by atoms with Gasteiger partial charge in [-0.25, -0.2) is 0 Å². The molecule has 0 saturated heterocycles. The summed E-state index contributed by atoms with van der Waals surface area (Å²) in [6, 6.07) is 12.9. The van der Waals surface area contributed by atoms with E-state index in [1.54, 1.807) is 0 Å². The number of hydrogen-bond acceptors (Lipinski definition) is 1. The fourth-order valence-corrected chi connectivity index (χ4v) is 2.75. The van der Waals surface area contributed by atoms with Gasteiger partial charge in [-0.1, -0.05) is 63.1 Å². The van der Waals surface area contributed by atoms with E-state index in [0.717, 1.165) is 37.2 Å². The first-order valence-corrected chi connectivity index (χ1v) is 8.02. The lowest BCUT2D eigenvalue weighted by molar-refractivity contribution is 0.462. The summed E-state index contributed by atoms with van der Waals surface area (Å²) in [5, 5.41) is 0. The van der Waals surface area contributed by atoms with Crippen LogP contribution in [0.3, 0.4) is 0 Å². The van der Waals surface area contributed by atoms with Crippen molar-refractivity contribution >= 4 is 0 Å². The Morgan fingerprint density at radius 1 is 0.714 bits per heavy atom. The van der Waals surface area contributed by atoms with Crippen molar-refractivity contribution in [3.05, 3.63) is 58.7 Å². The van der Waals surface area contributed by atoms with Gasteiger partial charge in [0.2, 0.25) is 0 Å². The molecule has 0 fully saturated rings. The maximum absolute atomic E-state index is 6.41. The van der Waals surface area contributed by atoms with Crippen molar-refractivity contribution < 1.29 is 4.74 Å². The van der Waals surface area contributed by atoms with E-state index in [-0.39, 0.29) is 0 Å². The smallest absolute Gasteiger partial charge is 0.133 e. The lowest BCUT2D eigenvalue weighted by Crippen LogP contribution is -1.99. The molecule has 21 heavy (non-hydrogen) atoms. The third kappa shape index (κ3) is 3.66. The molecule has 1 heteroatoms. The molecule has 0 aliphatic rings. The van der Waals surface area contributed by atoms with Crippen LogP contribution in [0.2, 0.25) is 0 Å². The molecule has 0 N–H and O–H groups in total. The predicted molar refractivity (Wildman–Crippen MR) is 90.4 cm³/mol. The topological polar surface area (TPSA) is 9.23 Å². The third-order valence-electron chi connectivity index (χ3n) is 3.83. The molecule has 0 heterocycles. The van der Waals surface area contributed by atoms with Gasteiger partial charge in [0.05, 0.1) is 0 Å². The van der Waals surface area contributed by atoms with Crippen molar-refractivity contribution in [2.24, 2.45) is 0 Å². The van der Waals surface area contributed by atoms with Crippen LogP contribution in [0, 0.1) is 13.8 Å². The van der Waals surface area contributed by atoms with E-state index < -0.39 is 0 Å². The van der Waals surface area contributed by atoms with Crippen molar-refractivity contribution in [3.63, 3.8) is 0 Å². The van der Waals surface area contributed by atoms with Crippen LogP contribution in [-0.4, -0.2) is 0 Å². The molecule has 2 aromatic rings. The average molecular weight is 282 g/mol. The van der Waals surface area contributed by atoms with Gasteiger partial charge >= 0.3 is 0 Å². The van der Waals surface area contributed by atoms with Gasteiger partial charge in [0.25, 0.3) is 0 Å². The monoisotopic (exact) mass is 282 g/mol. The highest BCUT2D eigenvalue weighted by Crippen LogP contribution is 2.34. The summed E-state index contributed by atoms with van der Waals surface area (Å²) < 4.78 is 6.41. The number of para-hydroxylation sites is 2. The van der Waals surface area contributed by atoms with E-state index in [9.17, 15) is 0 Å². The third-order valence-corrected chi connectivity index (χ3v) is 3.83. The summed E-state index contributed by atoms with van der Waals surface area (Å²) in [6.45, 7) is 8.68. The van der Waals surface area contributed by atoms with Gasteiger partial charge in [0.15, 0.2) is 0 Å². The Morgan fingerprint density at radius 3 is 1.52 bits per heavy atom. The van der Waals surface area contributed by atoms with Crippen molar-refractivity contribution in [1.29, 1.82) is 0 Å². The predicted octanol–water partition coefficient (Wildman–Crippen LogP) is 6.00. The zero-order chi connectivity index (χ0) is 15.2. The SMILES string of the molecule is CCCc1cccc(C)c1Oc1c(C)cccc1CCC. The normalized spacial score (nSPS) is 10.7. The highest BCUT2D eigenvalue weighted by molar-refractivity contribution is 5.48. The molecule has 2 rings (SSSR count). The number of ether oxygens (including phenoxy) is 1. The number of hydrogen-bond donors (Lipinski definition) is 0. The molecule has 0 aromatic heterocycles. The summed E-state index contributed by atoms with van der Waals surface area (Å²) in [6.07, 6.45) is 4.39. The first-order chi connectivity index (χ1) is 10.2. The van der Waals surface area contributed by atoms with E-state index in [1.807, 2.05) is 0 Å². The van der Waals surface area contributed by atoms with Gasteiger partial charge in [-0.15, -0.1) is 0 Å². The zero-order valence-electron chi connectivity index (χ0n) is 13.7. The van der Waals surface area contributed by atoms with Crippen molar-refractivity contribution in [2.45, 2.75) is 53.4 Å². The average Bonchev–Trinajstić information content (AvgIpc) is 2.46. The van der Waals surface area contributed by atoms with Gasteiger partial charge in [0, 0.05) is 0 Å². The Bertz CT molecular complexity index is 545. The minimum Gasteiger partial charge on any atom is -0.456 e. The van der Waals surface area contributed by atoms with E-state index in [0.29, 0.717) is 0 Å². The standard InChI is InChI=1S/C20H26O/c1-5-9-17-13-7-11-15(3)19(17)21-20-16(4)12-8-14-18(20)10-6-2/h7-8,11-14H,5-6,9-10H2,1-4H3. The Hall–Kier alpha value is -1.76. The molecule has 0 unspecified atom stereocenters. The summed E-state index contributed by atoms with van der Waals surface area (Å²) in [7, 11) is 0. The highest BCUT2D eigenvalue weighted by Gasteiger charge is 2.12. The Balaban J connectivity index is 2.43. The molecular weight excluding hydrogens is 256 g/mol. The van der Waals surface area contributed by atoms with E-state index in [4.69, 9.17) is 4.74 Å². The molecule has 0 aliphatic carbocycles. The van der Waals surface area contributed by atoms with Crippen LogP contribution in [-0.2, 0) is 12.8 Å². The van der Waals surface area contributed by atoms with Gasteiger partial charge in [-0.3, -0.25) is 0 Å². The summed E-state index contributed by atoms with van der Waals surface area (Å²) in [5.41, 5.74) is 5.05. The largest absolute Gasteiger partial charge is 0.456 e. The second kappa shape index (κ2) is 7.31. The van der Waals surface area contributed by atoms with Crippen LogP contribution in [0.4, 0.5) is 0 Å². The summed E-state index contributed by atoms with van der Waals surface area (Å²) in [4.78, 5) is 0. The van der Waals surface area contributed by atoms with E-state index >= 15 is 0 Å². The number of benzene rings is 2. The first-order valence-electron chi connectivity index (χ1n) is 8.02. The number of rotatable bonds is 6. The Kier molecular flexibility index (Phi) is 5.44. The van der Waals surface area contributed by atoms with Crippen LogP contribution < -0.4 is 4.74 Å². The van der Waals surface area contributed by atoms with E-state index in [1.165, 1.54) is 22.3 Å². The molecular formula is C20H26O. The van der Waals surface area contributed by atoms with Crippen LogP contribution >= 0.6 is 0 Å². The maximum Gasteiger partial charge on any atom is 0.133 e. The second-order valence-electron chi connectivity index (χ2n) is 5.73. The summed E-state index contributed by atoms with van der Waals surface area (Å²) >= 11 is 0. The second-order valence-corrected chi connectivity index (χ2v) is 5.73. The molecule has 2 aromatic carbocycles. The number of aryl methyl sites for hydroxylation is 4. The molecule has 0 bridgehead atoms. The van der Waals surface area contributed by atoms with Gasteiger partial charge in [0.1, 0.15) is 11.5 Å². The van der Waals surface area contributed by atoms with Gasteiger partial charge in [-0.05, 0) is 48.9 Å². The lowest BCUT2D eigenvalue weighted by atomic mass is 10.0. The molecule has 112 valence electrons. The molecule has 0 saturated carbocycles. The fraction of sp³-hybridized carbons (Fsp3) is 0.400. The Morgan fingerprint density at radius 2 is 1.14 bits per heavy atom. The summed E-state index contributed by atoms with van der Waals surface area (Å²) in [5.74, 6) is 2.09. The minimum atomic E-state index is 1.05. The fourth-order valence-electron chi connectivity index (χ4n) is 2.75. The highest BCUT2D eigenvalue weighted by atomic mass is 16.5. The van der Waals surface area contributed by atoms with Crippen molar-refractivity contribution in [1.82, 2.24) is 0 Å².